The van der Waals surface area contributed by atoms with E-state index in [1.54, 1.807) is 12.1 Å². The quantitative estimate of drug-likeness (QED) is 0.153. The van der Waals surface area contributed by atoms with Crippen molar-refractivity contribution in [3.63, 3.8) is 0 Å². The smallest absolute Gasteiger partial charge is 0.433 e. The van der Waals surface area contributed by atoms with Gasteiger partial charge in [-0.15, -0.1) is 0 Å². The third kappa shape index (κ3) is 6.32. The van der Waals surface area contributed by atoms with Gasteiger partial charge >= 0.3 is 6.11 Å². The molecule has 0 amide bonds. The van der Waals surface area contributed by atoms with Crippen LogP contribution in [0.4, 0.5) is 35.1 Å². The Balaban J connectivity index is 1.49. The number of ether oxygens (including phenoxy) is 2. The van der Waals surface area contributed by atoms with Crippen LogP contribution in [-0.2, 0) is 6.42 Å². The normalized spacial score (nSPS) is 11.5. The third-order valence-corrected chi connectivity index (χ3v) is 5.75. The lowest BCUT2D eigenvalue weighted by Crippen LogP contribution is -2.32. The summed E-state index contributed by atoms with van der Waals surface area (Å²) in [6, 6.07) is 12.9. The van der Waals surface area contributed by atoms with Gasteiger partial charge in [0, 0.05) is 23.3 Å². The first-order valence-corrected chi connectivity index (χ1v) is 11.7. The first kappa shape index (κ1) is 27.9. The van der Waals surface area contributed by atoms with Gasteiger partial charge in [-0.05, 0) is 35.2 Å². The molecule has 4 aromatic rings. The van der Waals surface area contributed by atoms with E-state index in [0.717, 1.165) is 36.6 Å². The number of hydrogen-bond donors (Lipinski definition) is 0. The SMILES string of the molecule is CCCc1ccc(-c2ccc(-c3ccc(OCC(F)(F)Oc4cc(F)c(F)c(F)c4)c(F)c3)c(F)c2F)cc1. The van der Waals surface area contributed by atoms with Gasteiger partial charge in [0.05, 0.1) is 0 Å². The predicted octanol–water partition coefficient (Wildman–Crippen LogP) is 8.86. The monoisotopic (exact) mass is 552 g/mol. The number of hydrogen-bond acceptors (Lipinski definition) is 2. The van der Waals surface area contributed by atoms with E-state index < -0.39 is 59.1 Å². The van der Waals surface area contributed by atoms with Crippen LogP contribution in [0.3, 0.4) is 0 Å². The summed E-state index contributed by atoms with van der Waals surface area (Å²) in [7, 11) is 0. The molecule has 0 aromatic heterocycles. The molecular formula is C29H20F8O2. The molecular weight excluding hydrogens is 532 g/mol. The lowest BCUT2D eigenvalue weighted by molar-refractivity contribution is -0.196. The second kappa shape index (κ2) is 11.3. The predicted molar refractivity (Wildman–Crippen MR) is 129 cm³/mol. The van der Waals surface area contributed by atoms with E-state index in [1.807, 2.05) is 19.1 Å². The van der Waals surface area contributed by atoms with E-state index in [9.17, 15) is 35.1 Å². The molecule has 2 nitrogen and oxygen atoms in total. The summed E-state index contributed by atoms with van der Waals surface area (Å²) < 4.78 is 121. The summed E-state index contributed by atoms with van der Waals surface area (Å²) in [5.74, 6) is -10.6. The van der Waals surface area contributed by atoms with E-state index in [-0.39, 0.29) is 28.8 Å². The second-order valence-electron chi connectivity index (χ2n) is 8.61. The van der Waals surface area contributed by atoms with Crippen LogP contribution < -0.4 is 9.47 Å². The van der Waals surface area contributed by atoms with E-state index in [2.05, 4.69) is 4.74 Å². The fourth-order valence-corrected chi connectivity index (χ4v) is 3.88. The zero-order valence-electron chi connectivity index (χ0n) is 20.3. The Kier molecular flexibility index (Phi) is 8.13. The van der Waals surface area contributed by atoms with Gasteiger partial charge in [-0.3, -0.25) is 0 Å². The molecule has 0 aliphatic carbocycles. The Bertz CT molecular complexity index is 1460. The first-order chi connectivity index (χ1) is 18.5. The summed E-state index contributed by atoms with van der Waals surface area (Å²) >= 11 is 0. The maximum absolute atomic E-state index is 14.9. The van der Waals surface area contributed by atoms with Crippen molar-refractivity contribution >= 4 is 0 Å². The highest BCUT2D eigenvalue weighted by atomic mass is 19.3. The van der Waals surface area contributed by atoms with Crippen LogP contribution in [0.15, 0.2) is 66.7 Å². The molecule has 204 valence electrons. The van der Waals surface area contributed by atoms with Gasteiger partial charge in [-0.25, -0.2) is 26.3 Å². The van der Waals surface area contributed by atoms with Gasteiger partial charge in [0.25, 0.3) is 0 Å². The lowest BCUT2D eigenvalue weighted by Gasteiger charge is -2.19. The van der Waals surface area contributed by atoms with E-state index in [0.29, 0.717) is 5.56 Å². The van der Waals surface area contributed by atoms with Gasteiger partial charge in [0.2, 0.25) is 0 Å². The molecule has 39 heavy (non-hydrogen) atoms. The van der Waals surface area contributed by atoms with Crippen molar-refractivity contribution in [2.24, 2.45) is 0 Å². The Morgan fingerprint density at radius 3 is 1.77 bits per heavy atom. The Morgan fingerprint density at radius 1 is 0.641 bits per heavy atom. The van der Waals surface area contributed by atoms with Crippen molar-refractivity contribution in [2.75, 3.05) is 6.61 Å². The molecule has 0 saturated carbocycles. The molecule has 0 unspecified atom stereocenters. The summed E-state index contributed by atoms with van der Waals surface area (Å²) in [6.45, 7) is 0.439. The number of halogens is 8. The average Bonchev–Trinajstić information content (AvgIpc) is 2.88. The van der Waals surface area contributed by atoms with Gasteiger partial charge in [-0.1, -0.05) is 55.8 Å². The van der Waals surface area contributed by atoms with Crippen LogP contribution in [-0.4, -0.2) is 12.7 Å². The molecule has 0 spiro atoms. The first-order valence-electron chi connectivity index (χ1n) is 11.7. The molecule has 0 bridgehead atoms. The summed E-state index contributed by atoms with van der Waals surface area (Å²) in [5, 5.41) is 0. The zero-order valence-corrected chi connectivity index (χ0v) is 20.3. The summed E-state index contributed by atoms with van der Waals surface area (Å²) in [4.78, 5) is 0. The summed E-state index contributed by atoms with van der Waals surface area (Å²) in [6.07, 6.45) is -2.41. The maximum atomic E-state index is 14.9. The van der Waals surface area contributed by atoms with Gasteiger partial charge in [-0.2, -0.15) is 8.78 Å². The van der Waals surface area contributed by atoms with E-state index >= 15 is 0 Å². The third-order valence-electron chi connectivity index (χ3n) is 5.75. The number of aryl methyl sites for hydroxylation is 1. The fraction of sp³-hybridized carbons (Fsp3) is 0.172. The van der Waals surface area contributed by atoms with Gasteiger partial charge in [0.15, 0.2) is 47.3 Å². The molecule has 0 heterocycles. The highest BCUT2D eigenvalue weighted by Gasteiger charge is 2.34. The highest BCUT2D eigenvalue weighted by Crippen LogP contribution is 2.34. The van der Waals surface area contributed by atoms with E-state index in [4.69, 9.17) is 4.74 Å². The van der Waals surface area contributed by atoms with E-state index in [1.165, 1.54) is 12.1 Å². The van der Waals surface area contributed by atoms with Gasteiger partial charge in [0.1, 0.15) is 5.75 Å². The van der Waals surface area contributed by atoms with Crippen LogP contribution in [0.1, 0.15) is 18.9 Å². The lowest BCUT2D eigenvalue weighted by atomic mass is 9.97. The van der Waals surface area contributed by atoms with Crippen molar-refractivity contribution in [2.45, 2.75) is 25.9 Å². The highest BCUT2D eigenvalue weighted by molar-refractivity contribution is 5.72. The molecule has 4 aromatic carbocycles. The van der Waals surface area contributed by atoms with Gasteiger partial charge < -0.3 is 9.47 Å². The maximum Gasteiger partial charge on any atom is 0.433 e. The van der Waals surface area contributed by atoms with Crippen LogP contribution in [0.2, 0.25) is 0 Å². The van der Waals surface area contributed by atoms with Crippen LogP contribution in [0, 0.1) is 34.9 Å². The number of rotatable bonds is 9. The fourth-order valence-electron chi connectivity index (χ4n) is 3.88. The Labute approximate surface area is 218 Å². The minimum atomic E-state index is -4.19. The average molecular weight is 552 g/mol. The molecule has 0 radical (unpaired) electrons. The Morgan fingerprint density at radius 2 is 1.21 bits per heavy atom. The minimum Gasteiger partial charge on any atom is -0.480 e. The molecule has 10 heteroatoms. The zero-order chi connectivity index (χ0) is 28.3. The molecule has 0 saturated heterocycles. The van der Waals surface area contributed by atoms with Crippen LogP contribution >= 0.6 is 0 Å². The van der Waals surface area contributed by atoms with Crippen molar-refractivity contribution in [1.82, 2.24) is 0 Å². The van der Waals surface area contributed by atoms with Crippen molar-refractivity contribution in [3.05, 3.63) is 107 Å². The minimum absolute atomic E-state index is 0.0165. The number of benzene rings is 4. The second-order valence-corrected chi connectivity index (χ2v) is 8.61. The van der Waals surface area contributed by atoms with Crippen molar-refractivity contribution in [3.8, 4) is 33.8 Å². The molecule has 0 aliphatic rings. The molecule has 4 rings (SSSR count). The van der Waals surface area contributed by atoms with Crippen molar-refractivity contribution < 1.29 is 44.6 Å². The topological polar surface area (TPSA) is 18.5 Å². The Hall–Kier alpha value is -4.08. The standard InChI is InChI=1S/C29H20F8O2/c1-2-3-16-4-6-17(7-5-16)20-9-10-21(27(34)26(20)33)18-8-11-25(22(30)12-18)38-15-29(36,37)39-19-13-23(31)28(35)24(32)14-19/h4-14H,2-3,15H2,1H3. The van der Waals surface area contributed by atoms with Crippen LogP contribution in [0.5, 0.6) is 11.5 Å². The molecule has 0 aliphatic heterocycles. The molecule has 0 fully saturated rings. The van der Waals surface area contributed by atoms with Crippen LogP contribution in [0.25, 0.3) is 22.3 Å². The summed E-state index contributed by atoms with van der Waals surface area (Å²) in [5.41, 5.74) is 1.18. The largest absolute Gasteiger partial charge is 0.480 e. The molecule has 0 atom stereocenters. The number of alkyl halides is 2. The van der Waals surface area contributed by atoms with Crippen molar-refractivity contribution in [1.29, 1.82) is 0 Å². The molecule has 0 N–H and O–H groups in total.